The number of aliphatic hydroxyl groups excluding tert-OH is 2. The van der Waals surface area contributed by atoms with Crippen LogP contribution < -0.4 is 5.73 Å². The number of Topliss-reactive ketones (excluding diaryl/α,β-unsaturated/α-hetero) is 1. The van der Waals surface area contributed by atoms with Crippen LogP contribution in [0.1, 0.15) is 187 Å². The Balaban J connectivity index is 2.32. The quantitative estimate of drug-likeness (QED) is 0.0197. The fourth-order valence-corrected chi connectivity index (χ4v) is 8.10. The van der Waals surface area contributed by atoms with Crippen molar-refractivity contribution >= 4 is 25.5 Å². The Kier molecular flexibility index (Phi) is 34.8. The minimum absolute atomic E-state index is 0.00175. The van der Waals surface area contributed by atoms with Gasteiger partial charge in [0.1, 0.15) is 12.4 Å². The molecule has 0 spiro atoms. The van der Waals surface area contributed by atoms with Gasteiger partial charge in [-0.3, -0.25) is 23.4 Å². The predicted molar refractivity (Wildman–Crippen MR) is 239 cm³/mol. The normalized spacial score (nSPS) is 19.1. The summed E-state index contributed by atoms with van der Waals surface area (Å²) >= 11 is 0. The molecule has 0 heterocycles. The summed E-state index contributed by atoms with van der Waals surface area (Å²) in [5.41, 5.74) is 5.35. The van der Waals surface area contributed by atoms with Crippen molar-refractivity contribution in [3.63, 3.8) is 0 Å². The van der Waals surface area contributed by atoms with Gasteiger partial charge < -0.3 is 30.3 Å². The van der Waals surface area contributed by atoms with Gasteiger partial charge in [-0.15, -0.1) is 0 Å². The number of nitrogens with two attached hydrogens (primary N) is 1. The maximum Gasteiger partial charge on any atom is 0.472 e. The third kappa shape index (κ3) is 30.8. The van der Waals surface area contributed by atoms with Crippen LogP contribution in [0.15, 0.2) is 36.5 Å². The number of rotatable bonds is 40. The van der Waals surface area contributed by atoms with Gasteiger partial charge >= 0.3 is 19.8 Å². The summed E-state index contributed by atoms with van der Waals surface area (Å²) in [6.07, 6.45) is 35.0. The Hall–Kier alpha value is -2.18. The zero-order valence-electron chi connectivity index (χ0n) is 37.4. The molecular formula is C47H84NO11P. The number of aliphatic hydroxyl groups is 2. The van der Waals surface area contributed by atoms with E-state index >= 15 is 0 Å². The third-order valence-electron chi connectivity index (χ3n) is 10.9. The SMILES string of the molecule is CCCCC/C=C\C/C=C\CCCCCCCCCCCC(=O)OC[C@H](COP(=O)(O)OCCN)OC(=O)CCCCCC[C@H]1[C@@H](O)CC(=O)[C@@H]1/C=C/[C@@H](O)CCCCC. The van der Waals surface area contributed by atoms with E-state index in [1.165, 1.54) is 57.8 Å². The Morgan fingerprint density at radius 3 is 1.97 bits per heavy atom. The highest BCUT2D eigenvalue weighted by molar-refractivity contribution is 7.47. The van der Waals surface area contributed by atoms with E-state index in [1.54, 1.807) is 12.2 Å². The molecule has 12 nitrogen and oxygen atoms in total. The zero-order chi connectivity index (χ0) is 44.1. The predicted octanol–water partition coefficient (Wildman–Crippen LogP) is 10.3. The maximum absolute atomic E-state index is 12.7. The van der Waals surface area contributed by atoms with Crippen molar-refractivity contribution in [2.24, 2.45) is 17.6 Å². The second kappa shape index (κ2) is 37.4. The molecule has 1 unspecified atom stereocenters. The van der Waals surface area contributed by atoms with Crippen molar-refractivity contribution in [1.82, 2.24) is 0 Å². The Morgan fingerprint density at radius 2 is 1.33 bits per heavy atom. The van der Waals surface area contributed by atoms with Crippen molar-refractivity contribution in [1.29, 1.82) is 0 Å². The Labute approximate surface area is 363 Å². The van der Waals surface area contributed by atoms with Crippen LogP contribution >= 0.6 is 7.82 Å². The van der Waals surface area contributed by atoms with Crippen molar-refractivity contribution in [2.75, 3.05) is 26.4 Å². The molecule has 0 bridgehead atoms. The molecule has 0 aromatic rings. The number of allylic oxidation sites excluding steroid dienone is 5. The molecule has 1 fully saturated rings. The third-order valence-corrected chi connectivity index (χ3v) is 11.9. The molecule has 13 heteroatoms. The summed E-state index contributed by atoms with van der Waals surface area (Å²) in [5, 5.41) is 20.8. The van der Waals surface area contributed by atoms with Crippen LogP contribution in [0, 0.1) is 11.8 Å². The van der Waals surface area contributed by atoms with Gasteiger partial charge in [0.25, 0.3) is 0 Å². The number of hydrogen-bond donors (Lipinski definition) is 4. The monoisotopic (exact) mass is 870 g/mol. The maximum atomic E-state index is 12.7. The summed E-state index contributed by atoms with van der Waals surface area (Å²) in [6, 6.07) is 0. The van der Waals surface area contributed by atoms with Crippen LogP contribution in [-0.2, 0) is 37.5 Å². The van der Waals surface area contributed by atoms with Crippen LogP contribution in [0.5, 0.6) is 0 Å². The first kappa shape index (κ1) is 55.8. The molecule has 1 aliphatic carbocycles. The molecule has 0 aromatic carbocycles. The summed E-state index contributed by atoms with van der Waals surface area (Å²) in [6.45, 7) is 3.33. The fourth-order valence-electron chi connectivity index (χ4n) is 7.33. The smallest absolute Gasteiger partial charge is 0.462 e. The van der Waals surface area contributed by atoms with E-state index in [0.29, 0.717) is 32.1 Å². The lowest BCUT2D eigenvalue weighted by molar-refractivity contribution is -0.161. The molecule has 0 aliphatic heterocycles. The lowest BCUT2D eigenvalue weighted by Gasteiger charge is -2.20. The van der Waals surface area contributed by atoms with Crippen molar-refractivity contribution in [3.05, 3.63) is 36.5 Å². The molecule has 60 heavy (non-hydrogen) atoms. The number of carbonyl (C=O) groups excluding carboxylic acids is 3. The average molecular weight is 870 g/mol. The first-order valence-corrected chi connectivity index (χ1v) is 25.1. The van der Waals surface area contributed by atoms with Crippen LogP contribution in [-0.4, -0.2) is 77.5 Å². The van der Waals surface area contributed by atoms with Gasteiger partial charge in [-0.25, -0.2) is 4.57 Å². The van der Waals surface area contributed by atoms with E-state index in [9.17, 15) is 34.1 Å². The van der Waals surface area contributed by atoms with Gasteiger partial charge in [-0.2, -0.15) is 0 Å². The molecule has 0 amide bonds. The molecule has 348 valence electrons. The fraction of sp³-hybridized carbons (Fsp3) is 0.809. The van der Waals surface area contributed by atoms with E-state index in [-0.39, 0.29) is 50.7 Å². The minimum Gasteiger partial charge on any atom is -0.462 e. The van der Waals surface area contributed by atoms with E-state index < -0.39 is 50.6 Å². The van der Waals surface area contributed by atoms with E-state index in [4.69, 9.17) is 24.3 Å². The van der Waals surface area contributed by atoms with Crippen LogP contribution in [0.25, 0.3) is 0 Å². The van der Waals surface area contributed by atoms with Gasteiger partial charge in [-0.1, -0.05) is 147 Å². The first-order valence-electron chi connectivity index (χ1n) is 23.6. The lowest BCUT2D eigenvalue weighted by atomic mass is 9.88. The van der Waals surface area contributed by atoms with Crippen LogP contribution in [0.3, 0.4) is 0 Å². The van der Waals surface area contributed by atoms with Gasteiger partial charge in [0, 0.05) is 31.7 Å². The Morgan fingerprint density at radius 1 is 0.767 bits per heavy atom. The second-order valence-corrected chi connectivity index (χ2v) is 17.9. The van der Waals surface area contributed by atoms with Crippen molar-refractivity contribution in [2.45, 2.75) is 206 Å². The summed E-state index contributed by atoms with van der Waals surface area (Å²) in [4.78, 5) is 47.7. The summed E-state index contributed by atoms with van der Waals surface area (Å²) < 4.78 is 32.8. The van der Waals surface area contributed by atoms with Crippen LogP contribution in [0.4, 0.5) is 0 Å². The van der Waals surface area contributed by atoms with Crippen molar-refractivity contribution in [3.8, 4) is 0 Å². The number of carbonyl (C=O) groups is 3. The highest BCUT2D eigenvalue weighted by Crippen LogP contribution is 2.43. The number of ketones is 1. The molecule has 6 atom stereocenters. The molecule has 5 N–H and O–H groups in total. The van der Waals surface area contributed by atoms with E-state index in [1.807, 2.05) is 0 Å². The topological polar surface area (TPSA) is 192 Å². The van der Waals surface area contributed by atoms with Gasteiger partial charge in [0.2, 0.25) is 0 Å². The average Bonchev–Trinajstić information content (AvgIpc) is 3.49. The number of esters is 2. The Bertz CT molecular complexity index is 1240. The van der Waals surface area contributed by atoms with Gasteiger partial charge in [0.05, 0.1) is 25.4 Å². The largest absolute Gasteiger partial charge is 0.472 e. The number of unbranched alkanes of at least 4 members (excludes halogenated alkanes) is 17. The second-order valence-electron chi connectivity index (χ2n) is 16.4. The summed E-state index contributed by atoms with van der Waals surface area (Å²) in [5.74, 6) is -1.58. The molecule has 0 aromatic heterocycles. The highest BCUT2D eigenvalue weighted by Gasteiger charge is 2.39. The summed E-state index contributed by atoms with van der Waals surface area (Å²) in [7, 11) is -4.45. The molecule has 1 rings (SSSR count). The molecule has 1 aliphatic rings. The standard InChI is InChI=1S/C47H84NO11P/c1-3-5-7-8-9-10-11-12-13-14-15-16-17-18-19-20-21-22-27-31-46(52)56-38-41(39-58-60(54,55)57-36-35-48)59-47(53)32-28-24-23-26-30-42-43(45(51)37-44(42)50)34-33-40(49)29-25-6-4-2/h9-10,12-13,33-34,40-44,49-50H,3-8,11,14-32,35-39,48H2,1-2H3,(H,54,55)/b10-9-,13-12-,34-33+/t40-,41+,42+,43+,44-/m0/s1. The number of phosphoric acid groups is 1. The molecule has 0 saturated heterocycles. The number of ether oxygens (including phenoxy) is 2. The van der Waals surface area contributed by atoms with E-state index in [0.717, 1.165) is 64.2 Å². The number of hydrogen-bond acceptors (Lipinski definition) is 11. The van der Waals surface area contributed by atoms with Gasteiger partial charge in [-0.05, 0) is 63.7 Å². The number of phosphoric ester groups is 1. The first-order chi connectivity index (χ1) is 29.0. The van der Waals surface area contributed by atoms with E-state index in [2.05, 4.69) is 38.2 Å². The molecule has 1 saturated carbocycles. The van der Waals surface area contributed by atoms with Crippen LogP contribution in [0.2, 0.25) is 0 Å². The molecular weight excluding hydrogens is 785 g/mol. The lowest BCUT2D eigenvalue weighted by Crippen LogP contribution is -2.29. The highest BCUT2D eigenvalue weighted by atomic mass is 31.2. The zero-order valence-corrected chi connectivity index (χ0v) is 38.3. The van der Waals surface area contributed by atoms with Gasteiger partial charge in [0.15, 0.2) is 6.10 Å². The minimum atomic E-state index is -4.45. The molecule has 0 radical (unpaired) electrons. The van der Waals surface area contributed by atoms with Crippen molar-refractivity contribution < 1.29 is 52.6 Å².